The van der Waals surface area contributed by atoms with Crippen molar-refractivity contribution in [3.63, 3.8) is 0 Å². The number of esters is 1. The summed E-state index contributed by atoms with van der Waals surface area (Å²) in [7, 11) is 2.95. The van der Waals surface area contributed by atoms with Gasteiger partial charge in [-0.05, 0) is 34.9 Å². The lowest BCUT2D eigenvalue weighted by molar-refractivity contribution is -0.323. The van der Waals surface area contributed by atoms with Crippen molar-refractivity contribution in [3.05, 3.63) is 149 Å². The molecule has 2 heterocycles. The van der Waals surface area contributed by atoms with Crippen LogP contribution in [0.25, 0.3) is 0 Å². The number of aromatic nitrogens is 3. The molecule has 12 heteroatoms. The van der Waals surface area contributed by atoms with E-state index < -0.39 is 36.7 Å². The molecule has 1 fully saturated rings. The molecule has 0 saturated carbocycles. The minimum Gasteiger partial charge on any atom is -0.494 e. The van der Waals surface area contributed by atoms with Gasteiger partial charge in [-0.25, -0.2) is 4.79 Å². The van der Waals surface area contributed by atoms with Gasteiger partial charge in [-0.1, -0.05) is 102 Å². The minimum absolute atomic E-state index is 0.182. The summed E-state index contributed by atoms with van der Waals surface area (Å²) in [4.78, 5) is 11.8. The Morgan fingerprint density at radius 1 is 0.722 bits per heavy atom. The van der Waals surface area contributed by atoms with E-state index >= 15 is 0 Å². The van der Waals surface area contributed by atoms with Gasteiger partial charge >= 0.3 is 5.97 Å². The Balaban J connectivity index is 1.10. The highest BCUT2D eigenvalue weighted by atomic mass is 16.7. The van der Waals surface area contributed by atoms with Gasteiger partial charge in [-0.15, -0.1) is 5.10 Å². The second-order valence-electron chi connectivity index (χ2n) is 12.8. The molecule has 0 aliphatic carbocycles. The third kappa shape index (κ3) is 11.3. The molecule has 1 aliphatic heterocycles. The number of hydrogen-bond donors (Lipinski definition) is 0. The Kier molecular flexibility index (Phi) is 14.7. The molecule has 12 nitrogen and oxygen atoms in total. The second-order valence-corrected chi connectivity index (χ2v) is 12.8. The van der Waals surface area contributed by atoms with Crippen molar-refractivity contribution in [2.24, 2.45) is 0 Å². The van der Waals surface area contributed by atoms with Crippen molar-refractivity contribution >= 4 is 5.97 Å². The van der Waals surface area contributed by atoms with E-state index in [9.17, 15) is 4.79 Å². The lowest BCUT2D eigenvalue weighted by Crippen LogP contribution is -2.61. The molecule has 0 bridgehead atoms. The number of aryl methyl sites for hydroxylation is 1. The van der Waals surface area contributed by atoms with Crippen LogP contribution in [0.15, 0.2) is 121 Å². The molecule has 0 N–H and O–H groups in total. The van der Waals surface area contributed by atoms with Crippen LogP contribution in [0.3, 0.4) is 0 Å². The molecule has 284 valence electrons. The van der Waals surface area contributed by atoms with Crippen LogP contribution < -0.4 is 4.74 Å². The normalized spacial score (nSPS) is 19.7. The average molecular weight is 738 g/mol. The lowest BCUT2D eigenvalue weighted by atomic mass is 9.97. The fourth-order valence-corrected chi connectivity index (χ4v) is 6.11. The van der Waals surface area contributed by atoms with Gasteiger partial charge in [0.2, 0.25) is 0 Å². The van der Waals surface area contributed by atoms with E-state index in [1.807, 2.05) is 97.2 Å². The molecule has 0 radical (unpaired) electrons. The Morgan fingerprint density at radius 3 is 1.94 bits per heavy atom. The van der Waals surface area contributed by atoms with Crippen molar-refractivity contribution in [2.45, 2.75) is 70.1 Å². The van der Waals surface area contributed by atoms with E-state index in [-0.39, 0.29) is 13.2 Å². The molecule has 5 aromatic rings. The van der Waals surface area contributed by atoms with Crippen LogP contribution in [-0.4, -0.2) is 79.1 Å². The SMILES string of the molecule is COC(=O)c1cccc(OCCCn2cc(COC[C@H]3O[C@H](OC)[C@H](OCc4ccccc4)[C@@H](OCc4ccccc4)[C@@H]3OCc3ccccc3)nn2)c1. The number of carbonyl (C=O) groups excluding carboxylic acids is 1. The summed E-state index contributed by atoms with van der Waals surface area (Å²) in [6.07, 6.45) is -0.497. The van der Waals surface area contributed by atoms with Crippen LogP contribution >= 0.6 is 0 Å². The molecule has 4 aromatic carbocycles. The second kappa shape index (κ2) is 20.5. The smallest absolute Gasteiger partial charge is 0.337 e. The van der Waals surface area contributed by atoms with Crippen molar-refractivity contribution in [2.75, 3.05) is 27.4 Å². The Labute approximate surface area is 315 Å². The Morgan fingerprint density at radius 2 is 1.33 bits per heavy atom. The van der Waals surface area contributed by atoms with Crippen LogP contribution in [0.4, 0.5) is 0 Å². The highest BCUT2D eigenvalue weighted by Gasteiger charge is 2.48. The van der Waals surface area contributed by atoms with Crippen molar-refractivity contribution in [1.82, 2.24) is 15.0 Å². The van der Waals surface area contributed by atoms with Gasteiger partial charge in [0.1, 0.15) is 35.9 Å². The van der Waals surface area contributed by atoms with Gasteiger partial charge in [-0.3, -0.25) is 4.68 Å². The maximum atomic E-state index is 11.8. The predicted molar refractivity (Wildman–Crippen MR) is 198 cm³/mol. The summed E-state index contributed by atoms with van der Waals surface area (Å²) in [6.45, 7) is 2.45. The number of hydrogen-bond acceptors (Lipinski definition) is 11. The monoisotopic (exact) mass is 737 g/mol. The third-order valence-electron chi connectivity index (χ3n) is 8.85. The quantitative estimate of drug-likeness (QED) is 0.0673. The molecule has 6 rings (SSSR count). The molecule has 5 atom stereocenters. The lowest BCUT2D eigenvalue weighted by Gasteiger charge is -2.45. The summed E-state index contributed by atoms with van der Waals surface area (Å²) in [5.74, 6) is 0.189. The molecular weight excluding hydrogens is 690 g/mol. The first-order valence-corrected chi connectivity index (χ1v) is 18.0. The zero-order valence-corrected chi connectivity index (χ0v) is 30.6. The van der Waals surface area contributed by atoms with E-state index in [0.29, 0.717) is 56.4 Å². The first-order chi connectivity index (χ1) is 26.6. The fourth-order valence-electron chi connectivity index (χ4n) is 6.11. The third-order valence-corrected chi connectivity index (χ3v) is 8.85. The number of rotatable bonds is 20. The van der Waals surface area contributed by atoms with Crippen LogP contribution in [0.1, 0.15) is 39.2 Å². The summed E-state index contributed by atoms with van der Waals surface area (Å²) in [5.41, 5.74) is 4.17. The van der Waals surface area contributed by atoms with Crippen LogP contribution in [0.2, 0.25) is 0 Å². The first-order valence-electron chi connectivity index (χ1n) is 18.0. The molecule has 0 unspecified atom stereocenters. The first kappa shape index (κ1) is 38.8. The van der Waals surface area contributed by atoms with Crippen molar-refractivity contribution in [1.29, 1.82) is 0 Å². The molecule has 54 heavy (non-hydrogen) atoms. The Hall–Kier alpha value is -4.95. The van der Waals surface area contributed by atoms with Gasteiger partial charge in [0.15, 0.2) is 6.29 Å². The van der Waals surface area contributed by atoms with E-state index in [4.69, 9.17) is 37.9 Å². The standard InChI is InChI=1S/C42H47N3O9/c1-47-41(46)34-20-12-21-36(24-34)50-23-13-22-45-25-35(43-44-45)29-49-30-37-38(51-26-31-14-6-3-7-15-31)39(52-27-32-16-8-4-9-17-32)40(42(48-2)54-37)53-28-33-18-10-5-11-19-33/h3-12,14-21,24-25,37-40,42H,13,22-23,26-30H2,1-2H3/t37-,38-,39+,40-,42+/m1/s1. The molecule has 1 aliphatic rings. The zero-order valence-electron chi connectivity index (χ0n) is 30.6. The van der Waals surface area contributed by atoms with Gasteiger partial charge in [0.05, 0.1) is 58.5 Å². The number of ether oxygens (including phenoxy) is 8. The highest BCUT2D eigenvalue weighted by Crippen LogP contribution is 2.31. The van der Waals surface area contributed by atoms with E-state index in [1.165, 1.54) is 7.11 Å². The summed E-state index contributed by atoms with van der Waals surface area (Å²) >= 11 is 0. The van der Waals surface area contributed by atoms with Gasteiger partial charge in [0.25, 0.3) is 0 Å². The van der Waals surface area contributed by atoms with Crippen LogP contribution in [0, 0.1) is 0 Å². The maximum Gasteiger partial charge on any atom is 0.337 e. The number of carbonyl (C=O) groups is 1. The van der Waals surface area contributed by atoms with E-state index in [1.54, 1.807) is 36.1 Å². The summed E-state index contributed by atoms with van der Waals surface area (Å²) in [6, 6.07) is 36.9. The molecule has 0 amide bonds. The average Bonchev–Trinajstić information content (AvgIpc) is 3.68. The summed E-state index contributed by atoms with van der Waals surface area (Å²) < 4.78 is 50.8. The van der Waals surface area contributed by atoms with Crippen LogP contribution in [-0.2, 0) is 66.1 Å². The van der Waals surface area contributed by atoms with Crippen molar-refractivity contribution < 1.29 is 42.7 Å². The van der Waals surface area contributed by atoms with Crippen molar-refractivity contribution in [3.8, 4) is 5.75 Å². The number of methoxy groups -OCH3 is 2. The molecule has 0 spiro atoms. The van der Waals surface area contributed by atoms with Gasteiger partial charge in [-0.2, -0.15) is 0 Å². The molecular formula is C42H47N3O9. The number of nitrogens with zero attached hydrogens (tertiary/aromatic N) is 3. The maximum absolute atomic E-state index is 11.8. The predicted octanol–water partition coefficient (Wildman–Crippen LogP) is 6.18. The topological polar surface area (TPSA) is 122 Å². The largest absolute Gasteiger partial charge is 0.494 e. The molecule has 1 saturated heterocycles. The Bertz CT molecular complexity index is 1830. The summed E-state index contributed by atoms with van der Waals surface area (Å²) in [5, 5.41) is 8.56. The van der Waals surface area contributed by atoms with Gasteiger partial charge in [0, 0.05) is 20.1 Å². The minimum atomic E-state index is -0.745. The molecule has 1 aromatic heterocycles. The highest BCUT2D eigenvalue weighted by molar-refractivity contribution is 5.89. The van der Waals surface area contributed by atoms with E-state index in [0.717, 1.165) is 16.7 Å². The zero-order chi connectivity index (χ0) is 37.4. The van der Waals surface area contributed by atoms with E-state index in [2.05, 4.69) is 10.3 Å². The number of benzene rings is 4. The fraction of sp³-hybridized carbons (Fsp3) is 0.357. The van der Waals surface area contributed by atoms with Crippen LogP contribution in [0.5, 0.6) is 5.75 Å². The van der Waals surface area contributed by atoms with Gasteiger partial charge < -0.3 is 37.9 Å².